The lowest BCUT2D eigenvalue weighted by Gasteiger charge is -2.21. The van der Waals surface area contributed by atoms with Crippen molar-refractivity contribution in [2.45, 2.75) is 19.3 Å². The Bertz CT molecular complexity index is 811. The van der Waals surface area contributed by atoms with Crippen molar-refractivity contribution in [1.82, 2.24) is 20.1 Å². The molecule has 1 N–H and O–H groups in total. The van der Waals surface area contributed by atoms with Crippen molar-refractivity contribution >= 4 is 27.1 Å². The van der Waals surface area contributed by atoms with Gasteiger partial charge in [-0.2, -0.15) is 5.10 Å². The molecule has 0 radical (unpaired) electrons. The van der Waals surface area contributed by atoms with Gasteiger partial charge in [-0.05, 0) is 25.2 Å². The Morgan fingerprint density at radius 1 is 1.42 bits per heavy atom. The minimum Gasteiger partial charge on any atom is -0.351 e. The van der Waals surface area contributed by atoms with Gasteiger partial charge in [0.25, 0.3) is 5.91 Å². The van der Waals surface area contributed by atoms with Gasteiger partial charge in [0.2, 0.25) is 0 Å². The van der Waals surface area contributed by atoms with E-state index in [0.29, 0.717) is 31.0 Å². The normalized spacial score (nSPS) is 17.7. The van der Waals surface area contributed by atoms with Crippen LogP contribution < -0.4 is 5.32 Å². The van der Waals surface area contributed by atoms with Crippen molar-refractivity contribution in [2.24, 2.45) is 13.0 Å². The van der Waals surface area contributed by atoms with Gasteiger partial charge < -0.3 is 5.32 Å². The molecule has 1 amide bonds. The van der Waals surface area contributed by atoms with Crippen LogP contribution >= 0.6 is 11.3 Å². The Morgan fingerprint density at radius 3 is 2.83 bits per heavy atom. The molecule has 0 saturated carbocycles. The molecule has 3 heterocycles. The van der Waals surface area contributed by atoms with Crippen LogP contribution in [0.15, 0.2) is 17.8 Å². The summed E-state index contributed by atoms with van der Waals surface area (Å²) in [6, 6.07) is 0. The van der Waals surface area contributed by atoms with E-state index in [1.807, 2.05) is 13.2 Å². The average molecular weight is 368 g/mol. The minimum atomic E-state index is -2.82. The van der Waals surface area contributed by atoms with E-state index in [9.17, 15) is 13.2 Å². The first kappa shape index (κ1) is 17.1. The first-order valence-corrected chi connectivity index (χ1v) is 10.6. The molecule has 1 fully saturated rings. The minimum absolute atomic E-state index is 0.190. The largest absolute Gasteiger partial charge is 0.351 e. The van der Waals surface area contributed by atoms with E-state index in [-0.39, 0.29) is 17.4 Å². The zero-order chi connectivity index (χ0) is 17.2. The molecule has 0 aromatic carbocycles. The second-order valence-electron chi connectivity index (χ2n) is 6.08. The smallest absolute Gasteiger partial charge is 0.270 e. The van der Waals surface area contributed by atoms with Crippen molar-refractivity contribution in [3.63, 3.8) is 0 Å². The zero-order valence-electron chi connectivity index (χ0n) is 13.4. The van der Waals surface area contributed by atoms with Gasteiger partial charge in [0.05, 0.1) is 17.7 Å². The van der Waals surface area contributed by atoms with E-state index < -0.39 is 9.84 Å². The van der Waals surface area contributed by atoms with Crippen LogP contribution in [0.25, 0.3) is 10.6 Å². The number of aromatic nitrogens is 3. The number of carbonyl (C=O) groups excluding carboxylic acids is 1. The first-order valence-electron chi connectivity index (χ1n) is 7.86. The van der Waals surface area contributed by atoms with Gasteiger partial charge in [0.1, 0.15) is 20.5 Å². The van der Waals surface area contributed by atoms with E-state index in [1.165, 1.54) is 11.3 Å². The van der Waals surface area contributed by atoms with Gasteiger partial charge in [-0.15, -0.1) is 11.3 Å². The maximum Gasteiger partial charge on any atom is 0.270 e. The quantitative estimate of drug-likeness (QED) is 0.863. The monoisotopic (exact) mass is 368 g/mol. The summed E-state index contributed by atoms with van der Waals surface area (Å²) in [6.07, 6.45) is 5.77. The number of nitrogens with one attached hydrogen (secondary N) is 1. The van der Waals surface area contributed by atoms with Crippen LogP contribution in [0.3, 0.4) is 0 Å². The molecule has 130 valence electrons. The SMILES string of the molecule is Cn1cc(-c2nc(C(=O)NCCC3CCS(=O)(=O)CC3)cs2)cn1. The predicted molar refractivity (Wildman–Crippen MR) is 92.6 cm³/mol. The summed E-state index contributed by atoms with van der Waals surface area (Å²) in [7, 11) is -0.990. The molecule has 2 aromatic rings. The average Bonchev–Trinajstić information content (AvgIpc) is 3.17. The molecule has 3 rings (SSSR count). The third kappa shape index (κ3) is 4.21. The van der Waals surface area contributed by atoms with Crippen molar-refractivity contribution in [1.29, 1.82) is 0 Å². The van der Waals surface area contributed by atoms with Crippen molar-refractivity contribution < 1.29 is 13.2 Å². The molecule has 7 nitrogen and oxygen atoms in total. The van der Waals surface area contributed by atoms with E-state index in [0.717, 1.165) is 17.0 Å². The summed E-state index contributed by atoms with van der Waals surface area (Å²) < 4.78 is 24.5. The fraction of sp³-hybridized carbons (Fsp3) is 0.533. The first-order chi connectivity index (χ1) is 11.4. The molecule has 0 unspecified atom stereocenters. The molecule has 0 aliphatic carbocycles. The van der Waals surface area contributed by atoms with Gasteiger partial charge in [-0.1, -0.05) is 0 Å². The molecule has 24 heavy (non-hydrogen) atoms. The van der Waals surface area contributed by atoms with Crippen LogP contribution in [0, 0.1) is 5.92 Å². The Hall–Kier alpha value is -1.74. The van der Waals surface area contributed by atoms with E-state index >= 15 is 0 Å². The molecular formula is C15H20N4O3S2. The predicted octanol–water partition coefficient (Wildman–Crippen LogP) is 1.49. The number of hydrogen-bond acceptors (Lipinski definition) is 6. The van der Waals surface area contributed by atoms with Crippen LogP contribution in [-0.4, -0.2) is 47.1 Å². The molecule has 2 aromatic heterocycles. The highest BCUT2D eigenvalue weighted by Crippen LogP contribution is 2.23. The highest BCUT2D eigenvalue weighted by atomic mass is 32.2. The lowest BCUT2D eigenvalue weighted by Crippen LogP contribution is -2.29. The Kier molecular flexibility index (Phi) is 5.00. The highest BCUT2D eigenvalue weighted by Gasteiger charge is 2.23. The van der Waals surface area contributed by atoms with Crippen LogP contribution in [-0.2, 0) is 16.9 Å². The molecule has 9 heteroatoms. The number of hydrogen-bond donors (Lipinski definition) is 1. The van der Waals surface area contributed by atoms with Gasteiger partial charge in [0.15, 0.2) is 0 Å². The number of sulfone groups is 1. The number of rotatable bonds is 5. The summed E-state index contributed by atoms with van der Waals surface area (Å²) in [4.78, 5) is 16.5. The Labute approximate surface area is 145 Å². The zero-order valence-corrected chi connectivity index (χ0v) is 15.1. The van der Waals surface area contributed by atoms with E-state index in [4.69, 9.17) is 0 Å². The van der Waals surface area contributed by atoms with Crippen molar-refractivity contribution in [3.8, 4) is 10.6 Å². The number of carbonyl (C=O) groups is 1. The second-order valence-corrected chi connectivity index (χ2v) is 9.24. The standard InChI is InChI=1S/C15H20N4O3S2/c1-19-9-12(8-17-19)15-18-13(10-23-15)14(20)16-5-2-11-3-6-24(21,22)7-4-11/h8-11H,2-7H2,1H3,(H,16,20). The fourth-order valence-corrected chi connectivity index (χ4v) is 5.11. The Morgan fingerprint density at radius 2 is 2.17 bits per heavy atom. The fourth-order valence-electron chi connectivity index (χ4n) is 2.75. The summed E-state index contributed by atoms with van der Waals surface area (Å²) in [5.41, 5.74) is 1.30. The number of nitrogens with zero attached hydrogens (tertiary/aromatic N) is 3. The van der Waals surface area contributed by atoms with E-state index in [1.54, 1.807) is 16.3 Å². The molecule has 1 saturated heterocycles. The summed E-state index contributed by atoms with van der Waals surface area (Å²) >= 11 is 1.41. The van der Waals surface area contributed by atoms with Crippen LogP contribution in [0.2, 0.25) is 0 Å². The molecule has 0 bridgehead atoms. The van der Waals surface area contributed by atoms with E-state index in [2.05, 4.69) is 15.4 Å². The number of amides is 1. The van der Waals surface area contributed by atoms with Crippen LogP contribution in [0.4, 0.5) is 0 Å². The van der Waals surface area contributed by atoms with Gasteiger partial charge in [-0.25, -0.2) is 13.4 Å². The summed E-state index contributed by atoms with van der Waals surface area (Å²) in [5, 5.41) is 9.48. The molecular weight excluding hydrogens is 348 g/mol. The van der Waals surface area contributed by atoms with Crippen LogP contribution in [0.1, 0.15) is 29.8 Å². The van der Waals surface area contributed by atoms with Crippen LogP contribution in [0.5, 0.6) is 0 Å². The molecule has 1 aliphatic rings. The number of thiazole rings is 1. The lowest BCUT2D eigenvalue weighted by molar-refractivity contribution is 0.0947. The second kappa shape index (κ2) is 7.02. The Balaban J connectivity index is 1.48. The topological polar surface area (TPSA) is 94.0 Å². The molecule has 1 aliphatic heterocycles. The maximum absolute atomic E-state index is 12.2. The van der Waals surface area contributed by atoms with Crippen molar-refractivity contribution in [2.75, 3.05) is 18.1 Å². The van der Waals surface area contributed by atoms with Crippen molar-refractivity contribution in [3.05, 3.63) is 23.5 Å². The third-order valence-corrected chi connectivity index (χ3v) is 6.81. The van der Waals surface area contributed by atoms with Gasteiger partial charge >= 0.3 is 0 Å². The van der Waals surface area contributed by atoms with Gasteiger partial charge in [0, 0.05) is 30.7 Å². The number of aryl methyl sites for hydroxylation is 1. The highest BCUT2D eigenvalue weighted by molar-refractivity contribution is 7.91. The summed E-state index contributed by atoms with van der Waals surface area (Å²) in [5.74, 6) is 0.721. The molecule has 0 spiro atoms. The molecule has 0 atom stereocenters. The third-order valence-electron chi connectivity index (χ3n) is 4.20. The summed E-state index contributed by atoms with van der Waals surface area (Å²) in [6.45, 7) is 0.545. The maximum atomic E-state index is 12.2. The lowest BCUT2D eigenvalue weighted by atomic mass is 9.99. The van der Waals surface area contributed by atoms with Gasteiger partial charge in [-0.3, -0.25) is 9.48 Å².